The van der Waals surface area contributed by atoms with E-state index in [0.29, 0.717) is 47.3 Å². The van der Waals surface area contributed by atoms with E-state index in [1.165, 1.54) is 0 Å². The summed E-state index contributed by atoms with van der Waals surface area (Å²) in [5.74, 6) is 0.634. The fraction of sp³-hybridized carbons (Fsp3) is 0.318. The number of fused-ring (bicyclic) bond motifs is 3. The van der Waals surface area contributed by atoms with Crippen LogP contribution in [0.15, 0.2) is 36.5 Å². The number of likely N-dealkylation sites (tertiary alicyclic amines) is 1. The topological polar surface area (TPSA) is 97.9 Å². The zero-order valence-corrected chi connectivity index (χ0v) is 17.9. The highest BCUT2D eigenvalue weighted by Crippen LogP contribution is 2.50. The molecule has 1 saturated heterocycles. The van der Waals surface area contributed by atoms with Gasteiger partial charge < -0.3 is 15.0 Å². The second kappa shape index (κ2) is 6.69. The van der Waals surface area contributed by atoms with Gasteiger partial charge in [0.25, 0.3) is 5.91 Å². The third kappa shape index (κ3) is 3.03. The normalized spacial score (nSPS) is 25.6. The number of imidazole rings is 1. The number of hydrogen-bond acceptors (Lipinski definition) is 4. The molecule has 3 N–H and O–H groups in total. The van der Waals surface area contributed by atoms with Crippen LogP contribution >= 0.6 is 23.2 Å². The van der Waals surface area contributed by atoms with Crippen molar-refractivity contribution in [1.29, 1.82) is 0 Å². The molecule has 4 aromatic rings. The molecule has 1 amide bonds. The second-order valence-corrected chi connectivity index (χ2v) is 9.57. The van der Waals surface area contributed by atoms with Gasteiger partial charge >= 0.3 is 0 Å². The van der Waals surface area contributed by atoms with Crippen LogP contribution < -0.4 is 0 Å². The first-order valence-electron chi connectivity index (χ1n) is 10.2. The molecule has 0 spiro atoms. The van der Waals surface area contributed by atoms with Crippen LogP contribution in [0.25, 0.3) is 21.9 Å². The molecule has 1 aliphatic heterocycles. The van der Waals surface area contributed by atoms with Gasteiger partial charge in [-0.05, 0) is 60.6 Å². The van der Waals surface area contributed by atoms with E-state index in [4.69, 9.17) is 23.2 Å². The van der Waals surface area contributed by atoms with Gasteiger partial charge in [0.15, 0.2) is 5.82 Å². The number of halogens is 2. The van der Waals surface area contributed by atoms with E-state index in [1.807, 2.05) is 17.0 Å². The fourth-order valence-corrected chi connectivity index (χ4v) is 5.76. The van der Waals surface area contributed by atoms with Crippen LogP contribution in [-0.2, 0) is 5.60 Å². The van der Waals surface area contributed by atoms with Gasteiger partial charge in [-0.3, -0.25) is 9.89 Å². The lowest BCUT2D eigenvalue weighted by Gasteiger charge is -2.27. The Balaban J connectivity index is 1.24. The van der Waals surface area contributed by atoms with Crippen LogP contribution in [0.5, 0.6) is 0 Å². The number of aliphatic hydroxyl groups is 1. The molecule has 2 aliphatic rings. The van der Waals surface area contributed by atoms with E-state index in [0.717, 1.165) is 22.0 Å². The maximum absolute atomic E-state index is 13.1. The third-order valence-electron chi connectivity index (χ3n) is 6.73. The van der Waals surface area contributed by atoms with Gasteiger partial charge in [0.1, 0.15) is 0 Å². The Morgan fingerprint density at radius 2 is 1.84 bits per heavy atom. The molecular formula is C22H19Cl2N5O2. The highest BCUT2D eigenvalue weighted by Gasteiger charge is 2.50. The minimum Gasteiger partial charge on any atom is -0.385 e. The highest BCUT2D eigenvalue weighted by molar-refractivity contribution is 6.31. The van der Waals surface area contributed by atoms with Crippen molar-refractivity contribution in [3.8, 4) is 0 Å². The zero-order chi connectivity index (χ0) is 21.3. The van der Waals surface area contributed by atoms with Crippen molar-refractivity contribution in [3.63, 3.8) is 0 Å². The predicted octanol–water partition coefficient (Wildman–Crippen LogP) is 4.12. The van der Waals surface area contributed by atoms with Crippen molar-refractivity contribution in [2.75, 3.05) is 13.1 Å². The van der Waals surface area contributed by atoms with E-state index < -0.39 is 5.60 Å². The van der Waals surface area contributed by atoms with Crippen molar-refractivity contribution in [3.05, 3.63) is 58.0 Å². The Labute approximate surface area is 187 Å². The average Bonchev–Trinajstić information content (AvgIpc) is 3.47. The minimum absolute atomic E-state index is 0.120. The van der Waals surface area contributed by atoms with Gasteiger partial charge in [0, 0.05) is 28.5 Å². The minimum atomic E-state index is -0.979. The van der Waals surface area contributed by atoms with Gasteiger partial charge in [-0.15, -0.1) is 0 Å². The Morgan fingerprint density at radius 3 is 2.61 bits per heavy atom. The number of carbonyl (C=O) groups excluding carboxylic acids is 1. The predicted molar refractivity (Wildman–Crippen MR) is 118 cm³/mol. The summed E-state index contributed by atoms with van der Waals surface area (Å²) in [6, 6.07) is 8.97. The van der Waals surface area contributed by atoms with E-state index in [9.17, 15) is 9.90 Å². The van der Waals surface area contributed by atoms with Crippen molar-refractivity contribution in [2.45, 2.75) is 18.4 Å². The van der Waals surface area contributed by atoms with E-state index in [-0.39, 0.29) is 17.7 Å². The van der Waals surface area contributed by atoms with Crippen LogP contribution in [-0.4, -0.2) is 49.2 Å². The number of carbonyl (C=O) groups is 1. The van der Waals surface area contributed by atoms with E-state index >= 15 is 0 Å². The summed E-state index contributed by atoms with van der Waals surface area (Å²) in [6.45, 7) is 1.19. The van der Waals surface area contributed by atoms with Gasteiger partial charge in [-0.1, -0.05) is 23.2 Å². The summed E-state index contributed by atoms with van der Waals surface area (Å²) in [4.78, 5) is 22.4. The molecule has 31 heavy (non-hydrogen) atoms. The molecule has 2 aromatic heterocycles. The van der Waals surface area contributed by atoms with Gasteiger partial charge in [-0.25, -0.2) is 4.98 Å². The third-order valence-corrected chi connectivity index (χ3v) is 7.19. The number of nitrogens with one attached hydrogen (secondary N) is 2. The molecule has 7 nitrogen and oxygen atoms in total. The Kier molecular flexibility index (Phi) is 4.12. The van der Waals surface area contributed by atoms with Crippen molar-refractivity contribution < 1.29 is 9.90 Å². The fourth-order valence-electron chi connectivity index (χ4n) is 5.37. The Morgan fingerprint density at radius 1 is 1.10 bits per heavy atom. The number of rotatable bonds is 2. The quantitative estimate of drug-likeness (QED) is 0.423. The molecule has 158 valence electrons. The molecular weight excluding hydrogens is 437 g/mol. The first-order chi connectivity index (χ1) is 14.9. The largest absolute Gasteiger partial charge is 0.385 e. The van der Waals surface area contributed by atoms with E-state index in [2.05, 4.69) is 20.2 Å². The van der Waals surface area contributed by atoms with Gasteiger partial charge in [-0.2, -0.15) is 5.10 Å². The molecule has 9 heteroatoms. The first kappa shape index (κ1) is 19.1. The summed E-state index contributed by atoms with van der Waals surface area (Å²) >= 11 is 12.3. The lowest BCUT2D eigenvalue weighted by atomic mass is 9.88. The monoisotopic (exact) mass is 455 g/mol. The molecule has 0 bridgehead atoms. The molecule has 2 aromatic carbocycles. The summed E-state index contributed by atoms with van der Waals surface area (Å²) in [6.07, 6.45) is 2.90. The molecule has 1 unspecified atom stereocenters. The second-order valence-electron chi connectivity index (χ2n) is 8.70. The number of aromatic amines is 2. The van der Waals surface area contributed by atoms with Crippen LogP contribution in [0.4, 0.5) is 0 Å². The molecule has 6 rings (SSSR count). The summed E-state index contributed by atoms with van der Waals surface area (Å²) in [5.41, 5.74) is 2.11. The zero-order valence-electron chi connectivity index (χ0n) is 16.4. The van der Waals surface area contributed by atoms with Gasteiger partial charge in [0.2, 0.25) is 0 Å². The van der Waals surface area contributed by atoms with Crippen LogP contribution in [0.1, 0.15) is 29.0 Å². The molecule has 3 heterocycles. The maximum Gasteiger partial charge on any atom is 0.289 e. The smallest absolute Gasteiger partial charge is 0.289 e. The summed E-state index contributed by atoms with van der Waals surface area (Å²) in [7, 11) is 0. The van der Waals surface area contributed by atoms with Gasteiger partial charge in [0.05, 0.1) is 28.3 Å². The SMILES string of the molecule is O=C(c1nc2ccc(Cl)cc2[nH]1)N1C[C@@H]2CC(O)(c3cc(Cl)cc4[nH]ncc34)C[C@@H]2C1. The molecule has 0 radical (unpaired) electrons. The number of aromatic nitrogens is 4. The number of hydrogen-bond donors (Lipinski definition) is 3. The van der Waals surface area contributed by atoms with Crippen molar-refractivity contribution >= 4 is 51.0 Å². The number of amides is 1. The number of benzene rings is 2. The van der Waals surface area contributed by atoms with Crippen molar-refractivity contribution in [1.82, 2.24) is 25.1 Å². The molecule has 1 aliphatic carbocycles. The van der Waals surface area contributed by atoms with Crippen LogP contribution in [0.2, 0.25) is 10.0 Å². The summed E-state index contributed by atoms with van der Waals surface area (Å²) in [5, 5.41) is 20.6. The highest BCUT2D eigenvalue weighted by atomic mass is 35.5. The molecule has 2 fully saturated rings. The van der Waals surface area contributed by atoms with Crippen LogP contribution in [0.3, 0.4) is 0 Å². The summed E-state index contributed by atoms with van der Waals surface area (Å²) < 4.78 is 0. The lowest BCUT2D eigenvalue weighted by molar-refractivity contribution is 0.0317. The molecule has 1 saturated carbocycles. The Hall–Kier alpha value is -2.61. The standard InChI is InChI=1S/C22H19Cl2N5O2/c23-13-1-2-17-19(4-13)27-20(26-17)21(30)29-9-11-6-22(31,7-12(11)10-29)16-3-14(24)5-18-15(16)8-25-28-18/h1-5,8,11-12,31H,6-7,9-10H2,(H,25,28)(H,26,27)/t11-,12+,22?. The number of nitrogens with zero attached hydrogens (tertiary/aromatic N) is 3. The van der Waals surface area contributed by atoms with Crippen molar-refractivity contribution in [2.24, 2.45) is 11.8 Å². The first-order valence-corrected chi connectivity index (χ1v) is 11.0. The number of H-pyrrole nitrogens is 2. The van der Waals surface area contributed by atoms with E-state index in [1.54, 1.807) is 24.4 Å². The van der Waals surface area contributed by atoms with Crippen LogP contribution in [0, 0.1) is 11.8 Å². The average molecular weight is 456 g/mol. The molecule has 3 atom stereocenters. The maximum atomic E-state index is 13.1. The Bertz CT molecular complexity index is 1330. The lowest BCUT2D eigenvalue weighted by Crippen LogP contribution is -2.33.